The van der Waals surface area contributed by atoms with Gasteiger partial charge in [0.15, 0.2) is 0 Å². The second-order valence-electron chi connectivity index (χ2n) is 5.70. The van der Waals surface area contributed by atoms with Crippen molar-refractivity contribution in [3.8, 4) is 0 Å². The number of amides is 2. The van der Waals surface area contributed by atoms with E-state index in [-0.39, 0.29) is 38.8 Å². The number of hydrogen-bond acceptors (Lipinski definition) is 4. The SMILES string of the molecule is O=C(NCc1ccco1)N1CCN(S(=O)(=O)c2cc(F)ccc2F)CC1. The summed E-state index contributed by atoms with van der Waals surface area (Å²) < 4.78 is 58.3. The quantitative estimate of drug-likeness (QED) is 0.870. The standard InChI is InChI=1S/C16H17F2N3O4S/c17-12-3-4-14(18)15(10-12)26(23,24)21-7-5-20(6-8-21)16(22)19-11-13-2-1-9-25-13/h1-4,9-10H,5-8,11H2,(H,19,22). The van der Waals surface area contributed by atoms with Gasteiger partial charge >= 0.3 is 6.03 Å². The zero-order valence-electron chi connectivity index (χ0n) is 13.7. The van der Waals surface area contributed by atoms with Gasteiger partial charge in [-0.25, -0.2) is 22.0 Å². The fourth-order valence-corrected chi connectivity index (χ4v) is 4.13. The lowest BCUT2D eigenvalue weighted by atomic mass is 10.3. The van der Waals surface area contributed by atoms with Crippen LogP contribution in [0.3, 0.4) is 0 Å². The van der Waals surface area contributed by atoms with Gasteiger partial charge in [-0.2, -0.15) is 4.31 Å². The van der Waals surface area contributed by atoms with Gasteiger partial charge in [0.2, 0.25) is 10.0 Å². The molecule has 0 bridgehead atoms. The molecule has 1 N–H and O–H groups in total. The largest absolute Gasteiger partial charge is 0.467 e. The summed E-state index contributed by atoms with van der Waals surface area (Å²) in [6.45, 7) is 0.484. The molecule has 2 heterocycles. The van der Waals surface area contributed by atoms with Gasteiger partial charge in [-0.1, -0.05) is 0 Å². The van der Waals surface area contributed by atoms with Gasteiger partial charge in [0.25, 0.3) is 0 Å². The highest BCUT2D eigenvalue weighted by molar-refractivity contribution is 7.89. The zero-order chi connectivity index (χ0) is 18.7. The molecule has 7 nitrogen and oxygen atoms in total. The average molecular weight is 385 g/mol. The second-order valence-corrected chi connectivity index (χ2v) is 7.61. The molecule has 1 aliphatic heterocycles. The van der Waals surface area contributed by atoms with E-state index in [4.69, 9.17) is 4.42 Å². The molecule has 1 saturated heterocycles. The summed E-state index contributed by atoms with van der Waals surface area (Å²) >= 11 is 0. The Morgan fingerprint density at radius 2 is 1.88 bits per heavy atom. The maximum absolute atomic E-state index is 13.8. The summed E-state index contributed by atoms with van der Waals surface area (Å²) in [5.74, 6) is -1.24. The van der Waals surface area contributed by atoms with Gasteiger partial charge in [0, 0.05) is 26.2 Å². The predicted molar refractivity (Wildman–Crippen MR) is 87.6 cm³/mol. The monoisotopic (exact) mass is 385 g/mol. The van der Waals surface area contributed by atoms with E-state index in [1.165, 1.54) is 11.2 Å². The van der Waals surface area contributed by atoms with Crippen LogP contribution >= 0.6 is 0 Å². The summed E-state index contributed by atoms with van der Waals surface area (Å²) in [5.41, 5.74) is 0. The van der Waals surface area contributed by atoms with Crippen molar-refractivity contribution in [2.24, 2.45) is 0 Å². The van der Waals surface area contributed by atoms with E-state index in [1.807, 2.05) is 0 Å². The molecular formula is C16H17F2N3O4S. The molecule has 1 fully saturated rings. The minimum atomic E-state index is -4.17. The Morgan fingerprint density at radius 3 is 2.54 bits per heavy atom. The van der Waals surface area contributed by atoms with Crippen molar-refractivity contribution in [3.63, 3.8) is 0 Å². The van der Waals surface area contributed by atoms with Crippen LogP contribution in [0.5, 0.6) is 0 Å². The number of nitrogens with zero attached hydrogens (tertiary/aromatic N) is 2. The van der Waals surface area contributed by atoms with Crippen LogP contribution in [-0.2, 0) is 16.6 Å². The van der Waals surface area contributed by atoms with Gasteiger partial charge in [-0.15, -0.1) is 0 Å². The summed E-state index contributed by atoms with van der Waals surface area (Å²) in [4.78, 5) is 12.9. The molecule has 2 aromatic rings. The van der Waals surface area contributed by atoms with Crippen molar-refractivity contribution >= 4 is 16.1 Å². The molecule has 2 amide bonds. The Hall–Kier alpha value is -2.46. The number of carbonyl (C=O) groups excluding carboxylic acids is 1. The molecule has 26 heavy (non-hydrogen) atoms. The topological polar surface area (TPSA) is 82.9 Å². The Bertz CT molecular complexity index is 879. The van der Waals surface area contributed by atoms with E-state index in [9.17, 15) is 22.0 Å². The van der Waals surface area contributed by atoms with Crippen molar-refractivity contribution in [1.29, 1.82) is 0 Å². The fourth-order valence-electron chi connectivity index (χ4n) is 2.63. The number of rotatable bonds is 4. The lowest BCUT2D eigenvalue weighted by molar-refractivity contribution is 0.171. The van der Waals surface area contributed by atoms with Gasteiger partial charge in [0.05, 0.1) is 12.8 Å². The first-order chi connectivity index (χ1) is 12.4. The third kappa shape index (κ3) is 3.86. The molecule has 0 spiro atoms. The molecule has 0 atom stereocenters. The van der Waals surface area contributed by atoms with Gasteiger partial charge < -0.3 is 14.6 Å². The molecular weight excluding hydrogens is 368 g/mol. The molecule has 0 aliphatic carbocycles. The molecule has 140 valence electrons. The van der Waals surface area contributed by atoms with Crippen LogP contribution in [0.1, 0.15) is 5.76 Å². The number of nitrogens with one attached hydrogen (secondary N) is 1. The third-order valence-electron chi connectivity index (χ3n) is 4.03. The smallest absolute Gasteiger partial charge is 0.317 e. The normalized spacial score (nSPS) is 15.8. The van der Waals surface area contributed by atoms with E-state index in [0.717, 1.165) is 16.4 Å². The lowest BCUT2D eigenvalue weighted by Crippen LogP contribution is -2.53. The number of hydrogen-bond donors (Lipinski definition) is 1. The van der Waals surface area contributed by atoms with E-state index >= 15 is 0 Å². The van der Waals surface area contributed by atoms with Gasteiger partial charge in [-0.05, 0) is 30.3 Å². The van der Waals surface area contributed by atoms with E-state index in [2.05, 4.69) is 5.32 Å². The molecule has 1 aliphatic rings. The Kier molecular flexibility index (Phi) is 5.23. The van der Waals surface area contributed by atoms with Crippen LogP contribution in [0.2, 0.25) is 0 Å². The number of halogens is 2. The minimum absolute atomic E-state index is 0.00748. The van der Waals surface area contributed by atoms with Gasteiger partial charge in [-0.3, -0.25) is 0 Å². The second kappa shape index (κ2) is 7.42. The molecule has 3 rings (SSSR count). The average Bonchev–Trinajstić information content (AvgIpc) is 3.15. The van der Waals surface area contributed by atoms with Crippen LogP contribution in [0.4, 0.5) is 13.6 Å². The zero-order valence-corrected chi connectivity index (χ0v) is 14.5. The highest BCUT2D eigenvalue weighted by atomic mass is 32.2. The van der Waals surface area contributed by atoms with Crippen molar-refractivity contribution in [2.45, 2.75) is 11.4 Å². The minimum Gasteiger partial charge on any atom is -0.467 e. The summed E-state index contributed by atoms with van der Waals surface area (Å²) in [6.07, 6.45) is 1.50. The number of urea groups is 1. The number of sulfonamides is 1. The summed E-state index contributed by atoms with van der Waals surface area (Å²) in [7, 11) is -4.17. The van der Waals surface area contributed by atoms with Crippen molar-refractivity contribution in [1.82, 2.24) is 14.5 Å². The van der Waals surface area contributed by atoms with E-state index in [0.29, 0.717) is 11.8 Å². The van der Waals surface area contributed by atoms with E-state index < -0.39 is 26.6 Å². The van der Waals surface area contributed by atoms with Crippen LogP contribution in [0.15, 0.2) is 45.9 Å². The van der Waals surface area contributed by atoms with Crippen LogP contribution in [0, 0.1) is 11.6 Å². The number of piperazine rings is 1. The number of carbonyl (C=O) groups is 1. The van der Waals surface area contributed by atoms with Crippen LogP contribution in [-0.4, -0.2) is 49.8 Å². The molecule has 0 saturated carbocycles. The molecule has 10 heteroatoms. The molecule has 0 unspecified atom stereocenters. The van der Waals surface area contributed by atoms with Crippen molar-refractivity contribution in [2.75, 3.05) is 26.2 Å². The molecule has 1 aromatic carbocycles. The highest BCUT2D eigenvalue weighted by Gasteiger charge is 2.32. The Morgan fingerprint density at radius 1 is 1.15 bits per heavy atom. The Labute approximate surface area is 149 Å². The highest BCUT2D eigenvalue weighted by Crippen LogP contribution is 2.21. The van der Waals surface area contributed by atoms with Crippen molar-refractivity contribution in [3.05, 3.63) is 54.0 Å². The van der Waals surface area contributed by atoms with Crippen LogP contribution < -0.4 is 5.32 Å². The first kappa shape index (κ1) is 18.3. The number of furan rings is 1. The van der Waals surface area contributed by atoms with Crippen molar-refractivity contribution < 1.29 is 26.4 Å². The Balaban J connectivity index is 1.60. The number of benzene rings is 1. The fraction of sp³-hybridized carbons (Fsp3) is 0.312. The summed E-state index contributed by atoms with van der Waals surface area (Å²) in [5, 5.41) is 2.67. The molecule has 1 aromatic heterocycles. The van der Waals surface area contributed by atoms with E-state index in [1.54, 1.807) is 12.1 Å². The molecule has 0 radical (unpaired) electrons. The summed E-state index contributed by atoms with van der Waals surface area (Å²) in [6, 6.07) is 5.37. The van der Waals surface area contributed by atoms with Crippen LogP contribution in [0.25, 0.3) is 0 Å². The first-order valence-corrected chi connectivity index (χ1v) is 9.32. The third-order valence-corrected chi connectivity index (χ3v) is 5.94. The maximum Gasteiger partial charge on any atom is 0.317 e. The lowest BCUT2D eigenvalue weighted by Gasteiger charge is -2.33. The predicted octanol–water partition coefficient (Wildman–Crippen LogP) is 1.77. The maximum atomic E-state index is 13.8. The van der Waals surface area contributed by atoms with Gasteiger partial charge in [0.1, 0.15) is 22.3 Å². The first-order valence-electron chi connectivity index (χ1n) is 7.88.